The van der Waals surface area contributed by atoms with Crippen LogP contribution in [0.2, 0.25) is 0 Å². The summed E-state index contributed by atoms with van der Waals surface area (Å²) in [5.41, 5.74) is 1.86. The first-order valence-corrected chi connectivity index (χ1v) is 6.38. The molecule has 0 fully saturated rings. The van der Waals surface area contributed by atoms with Crippen molar-refractivity contribution < 1.29 is 14.3 Å². The van der Waals surface area contributed by atoms with Crippen LogP contribution in [0.15, 0.2) is 15.9 Å². The Balaban J connectivity index is 1.92. The van der Waals surface area contributed by atoms with Crippen molar-refractivity contribution in [3.63, 3.8) is 0 Å². The Morgan fingerprint density at radius 2 is 2.28 bits per heavy atom. The van der Waals surface area contributed by atoms with Gasteiger partial charge in [0.1, 0.15) is 5.76 Å². The van der Waals surface area contributed by atoms with Crippen molar-refractivity contribution in [1.29, 1.82) is 0 Å². The van der Waals surface area contributed by atoms with Gasteiger partial charge in [-0.15, -0.1) is 11.3 Å². The van der Waals surface area contributed by atoms with Gasteiger partial charge in [-0.25, -0.2) is 9.78 Å². The van der Waals surface area contributed by atoms with E-state index < -0.39 is 5.97 Å². The van der Waals surface area contributed by atoms with Gasteiger partial charge in [-0.3, -0.25) is 0 Å². The summed E-state index contributed by atoms with van der Waals surface area (Å²) in [5, 5.41) is 15.1. The van der Waals surface area contributed by atoms with E-state index >= 15 is 0 Å². The maximum Gasteiger partial charge on any atom is 0.371 e. The van der Waals surface area contributed by atoms with Crippen molar-refractivity contribution >= 4 is 17.3 Å². The molecular formula is C12H14N2O3S. The topological polar surface area (TPSA) is 75.4 Å². The van der Waals surface area contributed by atoms with Gasteiger partial charge in [-0.1, -0.05) is 0 Å². The van der Waals surface area contributed by atoms with Crippen molar-refractivity contribution in [2.75, 3.05) is 0 Å². The maximum absolute atomic E-state index is 10.7. The number of furan rings is 1. The van der Waals surface area contributed by atoms with Gasteiger partial charge in [0.25, 0.3) is 0 Å². The first-order chi connectivity index (χ1) is 8.56. The van der Waals surface area contributed by atoms with Gasteiger partial charge in [-0.2, -0.15) is 0 Å². The standard InChI is InChI=1S/C12H14N2O3S/c1-7-9(3-11(17-7)12(15)16)4-13-5-10-6-18-8(2)14-10/h3,6,13H,4-5H2,1-2H3,(H,15,16). The van der Waals surface area contributed by atoms with Crippen LogP contribution in [0.4, 0.5) is 0 Å². The molecule has 18 heavy (non-hydrogen) atoms. The van der Waals surface area contributed by atoms with Gasteiger partial charge in [0.05, 0.1) is 10.7 Å². The van der Waals surface area contributed by atoms with Gasteiger partial charge in [0.15, 0.2) is 0 Å². The predicted molar refractivity (Wildman–Crippen MR) is 67.8 cm³/mol. The van der Waals surface area contributed by atoms with Gasteiger partial charge in [0, 0.05) is 24.0 Å². The van der Waals surface area contributed by atoms with Crippen LogP contribution in [0.5, 0.6) is 0 Å². The van der Waals surface area contributed by atoms with E-state index in [1.807, 2.05) is 12.3 Å². The van der Waals surface area contributed by atoms with Crippen LogP contribution in [0.25, 0.3) is 0 Å². The molecular weight excluding hydrogens is 252 g/mol. The summed E-state index contributed by atoms with van der Waals surface area (Å²) in [5.74, 6) is -0.428. The molecule has 0 radical (unpaired) electrons. The zero-order valence-corrected chi connectivity index (χ0v) is 11.0. The summed E-state index contributed by atoms with van der Waals surface area (Å²) in [6, 6.07) is 1.55. The Bertz CT molecular complexity index is 559. The minimum Gasteiger partial charge on any atom is -0.475 e. The molecule has 2 aromatic heterocycles. The van der Waals surface area contributed by atoms with E-state index in [-0.39, 0.29) is 5.76 Å². The molecule has 2 rings (SSSR count). The molecule has 0 saturated heterocycles. The van der Waals surface area contributed by atoms with Gasteiger partial charge >= 0.3 is 5.97 Å². The first kappa shape index (κ1) is 12.8. The molecule has 0 aromatic carbocycles. The molecule has 6 heteroatoms. The normalized spacial score (nSPS) is 10.8. The Kier molecular flexibility index (Phi) is 3.78. The number of nitrogens with zero attached hydrogens (tertiary/aromatic N) is 1. The number of hydrogen-bond donors (Lipinski definition) is 2. The Morgan fingerprint density at radius 3 is 2.83 bits per heavy atom. The lowest BCUT2D eigenvalue weighted by molar-refractivity contribution is 0.0661. The summed E-state index contributed by atoms with van der Waals surface area (Å²) in [6.07, 6.45) is 0. The number of nitrogens with one attached hydrogen (secondary N) is 1. The second-order valence-electron chi connectivity index (χ2n) is 3.96. The molecule has 0 aliphatic rings. The summed E-state index contributed by atoms with van der Waals surface area (Å²) >= 11 is 1.61. The minimum atomic E-state index is -1.04. The zero-order chi connectivity index (χ0) is 13.1. The lowest BCUT2D eigenvalue weighted by Crippen LogP contribution is -2.13. The van der Waals surface area contributed by atoms with E-state index in [1.165, 1.54) is 0 Å². The maximum atomic E-state index is 10.7. The number of carboxylic acids is 1. The third-order valence-electron chi connectivity index (χ3n) is 2.52. The van der Waals surface area contributed by atoms with E-state index in [0.717, 1.165) is 16.3 Å². The molecule has 5 nitrogen and oxygen atoms in total. The van der Waals surface area contributed by atoms with Crippen LogP contribution in [-0.4, -0.2) is 16.1 Å². The Hall–Kier alpha value is -1.66. The lowest BCUT2D eigenvalue weighted by atomic mass is 10.2. The average Bonchev–Trinajstić information content (AvgIpc) is 2.87. The number of aromatic nitrogens is 1. The zero-order valence-electron chi connectivity index (χ0n) is 10.2. The number of thiazole rings is 1. The SMILES string of the molecule is Cc1nc(CNCc2cc(C(=O)O)oc2C)cs1. The lowest BCUT2D eigenvalue weighted by Gasteiger charge is -2.00. The van der Waals surface area contributed by atoms with Gasteiger partial charge < -0.3 is 14.8 Å². The molecule has 0 unspecified atom stereocenters. The fourth-order valence-corrected chi connectivity index (χ4v) is 2.23. The monoisotopic (exact) mass is 266 g/mol. The van der Waals surface area contributed by atoms with E-state index in [0.29, 0.717) is 18.8 Å². The van der Waals surface area contributed by atoms with Crippen LogP contribution in [0.1, 0.15) is 32.6 Å². The van der Waals surface area contributed by atoms with Crippen molar-refractivity contribution in [3.8, 4) is 0 Å². The predicted octanol–water partition coefficient (Wildman–Crippen LogP) is 2.34. The third-order valence-corrected chi connectivity index (χ3v) is 3.34. The summed E-state index contributed by atoms with van der Waals surface area (Å²) in [6.45, 7) is 4.96. The van der Waals surface area contributed by atoms with E-state index in [9.17, 15) is 4.79 Å². The van der Waals surface area contributed by atoms with Crippen LogP contribution in [-0.2, 0) is 13.1 Å². The third kappa shape index (κ3) is 2.96. The molecule has 2 heterocycles. The average molecular weight is 266 g/mol. The molecule has 0 aliphatic carbocycles. The quantitative estimate of drug-likeness (QED) is 0.868. The van der Waals surface area contributed by atoms with Crippen molar-refractivity contribution in [1.82, 2.24) is 10.3 Å². The molecule has 0 amide bonds. The van der Waals surface area contributed by atoms with E-state index in [4.69, 9.17) is 9.52 Å². The Labute approximate surface area is 108 Å². The molecule has 0 spiro atoms. The highest BCUT2D eigenvalue weighted by molar-refractivity contribution is 7.09. The highest BCUT2D eigenvalue weighted by Crippen LogP contribution is 2.15. The van der Waals surface area contributed by atoms with E-state index in [1.54, 1.807) is 24.3 Å². The number of rotatable bonds is 5. The second kappa shape index (κ2) is 5.32. The second-order valence-corrected chi connectivity index (χ2v) is 5.02. The van der Waals surface area contributed by atoms with Crippen molar-refractivity contribution in [2.45, 2.75) is 26.9 Å². The molecule has 2 aromatic rings. The van der Waals surface area contributed by atoms with Crippen LogP contribution in [0.3, 0.4) is 0 Å². The number of aryl methyl sites for hydroxylation is 2. The number of hydrogen-bond acceptors (Lipinski definition) is 5. The molecule has 2 N–H and O–H groups in total. The first-order valence-electron chi connectivity index (χ1n) is 5.50. The highest BCUT2D eigenvalue weighted by Gasteiger charge is 2.12. The molecule has 0 bridgehead atoms. The summed E-state index contributed by atoms with van der Waals surface area (Å²) in [7, 11) is 0. The molecule has 0 aliphatic heterocycles. The smallest absolute Gasteiger partial charge is 0.371 e. The van der Waals surface area contributed by atoms with Gasteiger partial charge in [0.2, 0.25) is 5.76 Å². The number of aromatic carboxylic acids is 1. The highest BCUT2D eigenvalue weighted by atomic mass is 32.1. The molecule has 0 atom stereocenters. The van der Waals surface area contributed by atoms with Crippen LogP contribution >= 0.6 is 11.3 Å². The van der Waals surface area contributed by atoms with Crippen molar-refractivity contribution in [3.05, 3.63) is 39.2 Å². The summed E-state index contributed by atoms with van der Waals surface area (Å²) < 4.78 is 5.13. The molecule has 0 saturated carbocycles. The number of carbonyl (C=O) groups is 1. The van der Waals surface area contributed by atoms with Crippen LogP contribution < -0.4 is 5.32 Å². The number of carboxylic acid groups (broad SMARTS) is 1. The van der Waals surface area contributed by atoms with E-state index in [2.05, 4.69) is 10.3 Å². The largest absolute Gasteiger partial charge is 0.475 e. The molecule has 96 valence electrons. The minimum absolute atomic E-state index is 0.0196. The van der Waals surface area contributed by atoms with Crippen LogP contribution in [0, 0.1) is 13.8 Å². The fraction of sp³-hybridized carbons (Fsp3) is 0.333. The fourth-order valence-electron chi connectivity index (χ4n) is 1.62. The summed E-state index contributed by atoms with van der Waals surface area (Å²) in [4.78, 5) is 15.1. The van der Waals surface area contributed by atoms with Gasteiger partial charge in [-0.05, 0) is 19.9 Å². The van der Waals surface area contributed by atoms with Crippen molar-refractivity contribution in [2.24, 2.45) is 0 Å². The Morgan fingerprint density at radius 1 is 1.50 bits per heavy atom.